The van der Waals surface area contributed by atoms with Crippen molar-refractivity contribution in [3.8, 4) is 0 Å². The molecular weight excluding hydrogens is 476 g/mol. The molecule has 0 saturated carbocycles. The summed E-state index contributed by atoms with van der Waals surface area (Å²) in [5.41, 5.74) is 3.26. The van der Waals surface area contributed by atoms with Crippen molar-refractivity contribution in [3.05, 3.63) is 81.9 Å². The second kappa shape index (κ2) is 10.3. The number of hydrogen-bond donors (Lipinski definition) is 2. The Balaban J connectivity index is 1.16. The van der Waals surface area contributed by atoms with Gasteiger partial charge in [0.25, 0.3) is 5.91 Å². The first-order valence-electron chi connectivity index (χ1n) is 11.8. The van der Waals surface area contributed by atoms with Crippen LogP contribution in [0.25, 0.3) is 10.9 Å². The highest BCUT2D eigenvalue weighted by Crippen LogP contribution is 2.31. The van der Waals surface area contributed by atoms with Crippen LogP contribution in [0.15, 0.2) is 60.1 Å². The number of ether oxygens (including phenoxy) is 1. The molecule has 0 spiro atoms. The van der Waals surface area contributed by atoms with Crippen LogP contribution in [0.3, 0.4) is 0 Å². The Morgan fingerprint density at radius 3 is 2.75 bits per heavy atom. The van der Waals surface area contributed by atoms with Gasteiger partial charge in [0, 0.05) is 47.2 Å². The number of likely N-dealkylation sites (tertiary alicyclic amines) is 1. The van der Waals surface area contributed by atoms with Gasteiger partial charge in [-0.3, -0.25) is 9.59 Å². The average Bonchev–Trinajstić information content (AvgIpc) is 3.57. The molecule has 0 unspecified atom stereocenters. The summed E-state index contributed by atoms with van der Waals surface area (Å²) in [7, 11) is 1.31. The van der Waals surface area contributed by atoms with Crippen molar-refractivity contribution < 1.29 is 19.1 Å². The van der Waals surface area contributed by atoms with Crippen LogP contribution in [0, 0.1) is 0 Å². The SMILES string of the molecule is COC(=O)c1cccc(NC(=O)c2csc(C3CCN(C(=O)Cc4c[nH]c5ccccc45)CC3)n2)c1. The van der Waals surface area contributed by atoms with E-state index in [1.165, 1.54) is 18.4 Å². The number of H-pyrrole nitrogens is 1. The first kappa shape index (κ1) is 23.7. The Labute approximate surface area is 212 Å². The first-order chi connectivity index (χ1) is 17.5. The molecule has 1 fully saturated rings. The van der Waals surface area contributed by atoms with Gasteiger partial charge in [0.2, 0.25) is 5.91 Å². The maximum absolute atomic E-state index is 12.9. The fourth-order valence-corrected chi connectivity index (χ4v) is 5.52. The first-order valence-corrected chi connectivity index (χ1v) is 12.7. The number of nitrogens with zero attached hydrogens (tertiary/aromatic N) is 2. The van der Waals surface area contributed by atoms with Crippen molar-refractivity contribution in [3.63, 3.8) is 0 Å². The van der Waals surface area contributed by atoms with Crippen molar-refractivity contribution in [2.45, 2.75) is 25.2 Å². The summed E-state index contributed by atoms with van der Waals surface area (Å²) in [6.45, 7) is 1.35. The quantitative estimate of drug-likeness (QED) is 0.375. The van der Waals surface area contributed by atoms with Crippen LogP contribution >= 0.6 is 11.3 Å². The van der Waals surface area contributed by atoms with Gasteiger partial charge in [0.05, 0.1) is 24.1 Å². The van der Waals surface area contributed by atoms with Gasteiger partial charge in [0.1, 0.15) is 5.69 Å². The Kier molecular flexibility index (Phi) is 6.81. The Bertz CT molecular complexity index is 1420. The van der Waals surface area contributed by atoms with Crippen LogP contribution in [0.2, 0.25) is 0 Å². The monoisotopic (exact) mass is 502 g/mol. The molecule has 0 bridgehead atoms. The summed E-state index contributed by atoms with van der Waals surface area (Å²) < 4.78 is 4.73. The lowest BCUT2D eigenvalue weighted by atomic mass is 9.97. The highest BCUT2D eigenvalue weighted by atomic mass is 32.1. The van der Waals surface area contributed by atoms with Crippen molar-refractivity contribution in [2.24, 2.45) is 0 Å². The van der Waals surface area contributed by atoms with Gasteiger partial charge in [0.15, 0.2) is 0 Å². The molecule has 36 heavy (non-hydrogen) atoms. The lowest BCUT2D eigenvalue weighted by molar-refractivity contribution is -0.131. The fraction of sp³-hybridized carbons (Fsp3) is 0.259. The summed E-state index contributed by atoms with van der Waals surface area (Å²) in [4.78, 5) is 47.1. The van der Waals surface area contributed by atoms with E-state index < -0.39 is 5.97 Å². The number of aromatic nitrogens is 2. The van der Waals surface area contributed by atoms with Gasteiger partial charge in [-0.15, -0.1) is 11.3 Å². The molecule has 4 aromatic rings. The van der Waals surface area contributed by atoms with Crippen LogP contribution < -0.4 is 5.32 Å². The molecule has 0 radical (unpaired) electrons. The van der Waals surface area contributed by atoms with Crippen LogP contribution in [-0.2, 0) is 16.0 Å². The predicted molar refractivity (Wildman–Crippen MR) is 138 cm³/mol. The second-order valence-corrected chi connectivity index (χ2v) is 9.68. The van der Waals surface area contributed by atoms with E-state index in [9.17, 15) is 14.4 Å². The highest BCUT2D eigenvalue weighted by molar-refractivity contribution is 7.10. The second-order valence-electron chi connectivity index (χ2n) is 8.79. The lowest BCUT2D eigenvalue weighted by Crippen LogP contribution is -2.38. The van der Waals surface area contributed by atoms with Crippen LogP contribution in [0.5, 0.6) is 0 Å². The molecular formula is C27H26N4O4S. The lowest BCUT2D eigenvalue weighted by Gasteiger charge is -2.31. The predicted octanol–water partition coefficient (Wildman–Crippen LogP) is 4.61. The van der Waals surface area contributed by atoms with Crippen molar-refractivity contribution in [2.75, 3.05) is 25.5 Å². The number of rotatable bonds is 6. The van der Waals surface area contributed by atoms with Gasteiger partial charge in [-0.25, -0.2) is 9.78 Å². The van der Waals surface area contributed by atoms with E-state index in [1.807, 2.05) is 35.4 Å². The molecule has 2 amide bonds. The third kappa shape index (κ3) is 5.01. The van der Waals surface area contributed by atoms with Gasteiger partial charge >= 0.3 is 5.97 Å². The maximum atomic E-state index is 12.9. The number of nitrogens with one attached hydrogen (secondary N) is 2. The third-order valence-corrected chi connectivity index (χ3v) is 7.52. The third-order valence-electron chi connectivity index (χ3n) is 6.51. The van der Waals surface area contributed by atoms with E-state index >= 15 is 0 Å². The summed E-state index contributed by atoms with van der Waals surface area (Å²) in [6, 6.07) is 14.6. The van der Waals surface area contributed by atoms with Crippen LogP contribution in [-0.4, -0.2) is 52.9 Å². The number of anilines is 1. The Hall–Kier alpha value is -3.98. The molecule has 1 saturated heterocycles. The highest BCUT2D eigenvalue weighted by Gasteiger charge is 2.27. The largest absolute Gasteiger partial charge is 0.465 e. The molecule has 0 atom stereocenters. The van der Waals surface area contributed by atoms with E-state index in [4.69, 9.17) is 4.74 Å². The zero-order valence-electron chi connectivity index (χ0n) is 19.8. The van der Waals surface area contributed by atoms with E-state index in [2.05, 4.69) is 15.3 Å². The topological polar surface area (TPSA) is 104 Å². The number of amides is 2. The molecule has 0 aliphatic carbocycles. The molecule has 8 nitrogen and oxygen atoms in total. The molecule has 9 heteroatoms. The summed E-state index contributed by atoms with van der Waals surface area (Å²) in [5.74, 6) is -0.442. The number of aromatic amines is 1. The standard InChI is InChI=1S/C27H26N4O4S/c1-35-27(34)18-5-4-6-20(13-18)29-25(33)23-16-36-26(30-23)17-9-11-31(12-10-17)24(32)14-19-15-28-22-8-3-2-7-21(19)22/h2-8,13,15-17,28H,9-12,14H2,1H3,(H,29,33). The number of fused-ring (bicyclic) bond motifs is 1. The fourth-order valence-electron chi connectivity index (χ4n) is 4.54. The number of benzene rings is 2. The van der Waals surface area contributed by atoms with Crippen molar-refractivity contribution in [1.29, 1.82) is 0 Å². The van der Waals surface area contributed by atoms with Gasteiger partial charge in [-0.1, -0.05) is 24.3 Å². The van der Waals surface area contributed by atoms with Crippen LogP contribution in [0.4, 0.5) is 5.69 Å². The molecule has 1 aliphatic rings. The molecule has 184 valence electrons. The summed E-state index contributed by atoms with van der Waals surface area (Å²) >= 11 is 1.47. The Morgan fingerprint density at radius 1 is 1.14 bits per heavy atom. The zero-order valence-corrected chi connectivity index (χ0v) is 20.6. The van der Waals surface area contributed by atoms with Crippen molar-refractivity contribution in [1.82, 2.24) is 14.9 Å². The number of carbonyl (C=O) groups excluding carboxylic acids is 3. The number of hydrogen-bond acceptors (Lipinski definition) is 6. The number of thiazole rings is 1. The Morgan fingerprint density at radius 2 is 1.94 bits per heavy atom. The van der Waals surface area contributed by atoms with E-state index in [0.717, 1.165) is 34.3 Å². The normalized spacial score (nSPS) is 14.1. The van der Waals surface area contributed by atoms with E-state index in [0.29, 0.717) is 36.5 Å². The summed E-state index contributed by atoms with van der Waals surface area (Å²) in [5, 5.41) is 6.54. The number of esters is 1. The van der Waals surface area contributed by atoms with Crippen molar-refractivity contribution >= 4 is 45.7 Å². The number of para-hydroxylation sites is 1. The number of carbonyl (C=O) groups is 3. The minimum atomic E-state index is -0.465. The smallest absolute Gasteiger partial charge is 0.337 e. The molecule has 3 heterocycles. The van der Waals surface area contributed by atoms with E-state index in [-0.39, 0.29) is 17.7 Å². The van der Waals surface area contributed by atoms with Gasteiger partial charge in [-0.05, 0) is 42.7 Å². The number of piperidine rings is 1. The molecule has 2 aromatic heterocycles. The summed E-state index contributed by atoms with van der Waals surface area (Å²) in [6.07, 6.45) is 3.93. The molecule has 2 N–H and O–H groups in total. The number of methoxy groups -OCH3 is 1. The average molecular weight is 503 g/mol. The maximum Gasteiger partial charge on any atom is 0.337 e. The van der Waals surface area contributed by atoms with Gasteiger partial charge in [-0.2, -0.15) is 0 Å². The zero-order chi connectivity index (χ0) is 25.1. The van der Waals surface area contributed by atoms with Gasteiger partial charge < -0.3 is 19.9 Å². The molecule has 1 aliphatic heterocycles. The minimum Gasteiger partial charge on any atom is -0.465 e. The minimum absolute atomic E-state index is 0.131. The molecule has 5 rings (SSSR count). The van der Waals surface area contributed by atoms with Crippen LogP contribution in [0.1, 0.15) is 50.2 Å². The van der Waals surface area contributed by atoms with E-state index in [1.54, 1.807) is 29.6 Å². The molecule has 2 aromatic carbocycles.